The molecule has 2 aliphatic heterocycles. The fourth-order valence-electron chi connectivity index (χ4n) is 3.14. The Morgan fingerprint density at radius 2 is 2.04 bits per heavy atom. The van der Waals surface area contributed by atoms with Crippen molar-refractivity contribution in [3.63, 3.8) is 0 Å². The van der Waals surface area contributed by atoms with Gasteiger partial charge in [-0.3, -0.25) is 19.9 Å². The molecule has 0 spiro atoms. The molecule has 0 atom stereocenters. The monoisotopic (exact) mass is 331 g/mol. The van der Waals surface area contributed by atoms with Crippen LogP contribution in [-0.4, -0.2) is 63.4 Å². The van der Waals surface area contributed by atoms with Gasteiger partial charge in [-0.25, -0.2) is 0 Å². The minimum absolute atomic E-state index is 0.477. The van der Waals surface area contributed by atoms with Gasteiger partial charge < -0.3 is 20.5 Å². The van der Waals surface area contributed by atoms with E-state index < -0.39 is 6.03 Å². The van der Waals surface area contributed by atoms with E-state index in [1.807, 2.05) is 25.1 Å². The molecule has 24 heavy (non-hydrogen) atoms. The van der Waals surface area contributed by atoms with Gasteiger partial charge in [-0.2, -0.15) is 0 Å². The largest absolute Gasteiger partial charge is 0.378 e. The summed E-state index contributed by atoms with van der Waals surface area (Å²) in [4.78, 5) is 16.7. The summed E-state index contributed by atoms with van der Waals surface area (Å²) in [7, 11) is 1.51. The van der Waals surface area contributed by atoms with Gasteiger partial charge in [0.05, 0.1) is 19.3 Å². The number of anilines is 2. The summed E-state index contributed by atoms with van der Waals surface area (Å²) < 4.78 is 5.27. The van der Waals surface area contributed by atoms with Crippen molar-refractivity contribution in [1.29, 1.82) is 0 Å². The number of nitrogens with zero attached hydrogens (tertiary/aromatic N) is 5. The van der Waals surface area contributed by atoms with Gasteiger partial charge in [0.1, 0.15) is 0 Å². The highest BCUT2D eigenvalue weighted by atomic mass is 16.5. The van der Waals surface area contributed by atoms with Crippen LogP contribution in [0.1, 0.15) is 5.56 Å². The molecule has 8 nitrogen and oxygen atoms in total. The van der Waals surface area contributed by atoms with Gasteiger partial charge in [-0.15, -0.1) is 0 Å². The standard InChI is InChI=1S/C16H23N6O2/c1-12-3-4-14(15(9-12)22(19-17)16(23)18-2)21-7-5-20(6-8-21)13-10-24-11-13/h3-4,9,13H,5-8,10-11H2,1-2H3,(H,18,23)/q-1. The van der Waals surface area contributed by atoms with Crippen LogP contribution in [0.15, 0.2) is 23.4 Å². The van der Waals surface area contributed by atoms with Crippen molar-refractivity contribution >= 4 is 17.4 Å². The number of urea groups is 1. The molecule has 2 aliphatic rings. The zero-order valence-corrected chi connectivity index (χ0v) is 14.1. The average molecular weight is 331 g/mol. The molecular formula is C16H23N6O2-. The van der Waals surface area contributed by atoms with Gasteiger partial charge >= 0.3 is 0 Å². The van der Waals surface area contributed by atoms with E-state index in [0.717, 1.165) is 55.7 Å². The maximum atomic E-state index is 12.0. The summed E-state index contributed by atoms with van der Waals surface area (Å²) in [6.45, 7) is 7.22. The van der Waals surface area contributed by atoms with E-state index in [9.17, 15) is 10.3 Å². The number of aryl methyl sites for hydroxylation is 1. The summed E-state index contributed by atoms with van der Waals surface area (Å²) in [6, 6.07) is 5.91. The fraction of sp³-hybridized carbons (Fsp3) is 0.562. The Balaban J connectivity index is 1.80. The summed E-state index contributed by atoms with van der Waals surface area (Å²) in [6.07, 6.45) is 0. The Bertz CT molecular complexity index is 611. The number of hydrogen-bond acceptors (Lipinski definition) is 5. The average Bonchev–Trinajstić information content (AvgIpc) is 2.55. The first-order chi connectivity index (χ1) is 11.6. The smallest absolute Gasteiger partial charge is 0.256 e. The van der Waals surface area contributed by atoms with Crippen LogP contribution < -0.4 is 15.2 Å². The van der Waals surface area contributed by atoms with Crippen molar-refractivity contribution < 1.29 is 9.53 Å². The number of carbonyl (C=O) groups excluding carboxylic acids is 1. The molecule has 0 saturated carbocycles. The van der Waals surface area contributed by atoms with Crippen molar-refractivity contribution in [2.75, 3.05) is 56.3 Å². The highest BCUT2D eigenvalue weighted by Crippen LogP contribution is 2.32. The minimum atomic E-state index is -0.477. The summed E-state index contributed by atoms with van der Waals surface area (Å²) >= 11 is 0. The van der Waals surface area contributed by atoms with E-state index >= 15 is 0 Å². The van der Waals surface area contributed by atoms with E-state index in [4.69, 9.17) is 4.74 Å². The van der Waals surface area contributed by atoms with Crippen LogP contribution in [0.5, 0.6) is 0 Å². The Labute approximate surface area is 141 Å². The second kappa shape index (κ2) is 7.14. The number of piperazine rings is 1. The molecular weight excluding hydrogens is 308 g/mol. The maximum absolute atomic E-state index is 12.0. The van der Waals surface area contributed by atoms with Gasteiger partial charge in [0.15, 0.2) is 0 Å². The molecule has 3 rings (SSSR count). The topological polar surface area (TPSA) is 82.7 Å². The lowest BCUT2D eigenvalue weighted by Gasteiger charge is -2.44. The normalized spacial score (nSPS) is 18.8. The number of amides is 2. The van der Waals surface area contributed by atoms with E-state index in [2.05, 4.69) is 20.3 Å². The highest BCUT2D eigenvalue weighted by Gasteiger charge is 2.29. The fourth-order valence-corrected chi connectivity index (χ4v) is 3.14. The molecule has 8 heteroatoms. The van der Waals surface area contributed by atoms with E-state index in [0.29, 0.717) is 11.7 Å². The molecule has 1 aromatic rings. The van der Waals surface area contributed by atoms with Crippen molar-refractivity contribution in [3.05, 3.63) is 29.3 Å². The zero-order valence-electron chi connectivity index (χ0n) is 14.1. The van der Waals surface area contributed by atoms with Gasteiger partial charge in [-0.1, -0.05) is 17.7 Å². The van der Waals surface area contributed by atoms with Crippen molar-refractivity contribution in [3.8, 4) is 0 Å². The SMILES string of the molecule is CNC(=O)N(N=[N-])c1cc(C)ccc1N1CCN(C2COC2)CC1. The second-order valence-corrected chi connectivity index (χ2v) is 6.16. The molecule has 0 bridgehead atoms. The number of ether oxygens (including phenoxy) is 1. The molecule has 1 aromatic carbocycles. The lowest BCUT2D eigenvalue weighted by atomic mass is 10.1. The Hall–Kier alpha value is -2.19. The number of benzene rings is 1. The van der Waals surface area contributed by atoms with E-state index in [1.165, 1.54) is 7.05 Å². The van der Waals surface area contributed by atoms with Crippen LogP contribution in [0, 0.1) is 6.92 Å². The predicted octanol–water partition coefficient (Wildman–Crippen LogP) is 1.60. The lowest BCUT2D eigenvalue weighted by molar-refractivity contribution is -0.0660. The number of hydrogen-bond donors (Lipinski definition) is 1. The molecule has 2 heterocycles. The third-order valence-electron chi connectivity index (χ3n) is 4.65. The zero-order chi connectivity index (χ0) is 17.1. The van der Waals surface area contributed by atoms with E-state index in [-0.39, 0.29) is 0 Å². The third-order valence-corrected chi connectivity index (χ3v) is 4.65. The van der Waals surface area contributed by atoms with Crippen LogP contribution in [-0.2, 0) is 4.74 Å². The van der Waals surface area contributed by atoms with Crippen LogP contribution in [0.3, 0.4) is 0 Å². The third kappa shape index (κ3) is 3.20. The van der Waals surface area contributed by atoms with Gasteiger partial charge in [0.25, 0.3) is 6.03 Å². The molecule has 2 saturated heterocycles. The Morgan fingerprint density at radius 1 is 1.33 bits per heavy atom. The van der Waals surface area contributed by atoms with Crippen LogP contribution in [0.4, 0.5) is 16.2 Å². The van der Waals surface area contributed by atoms with Crippen LogP contribution in [0.2, 0.25) is 0 Å². The first-order valence-electron chi connectivity index (χ1n) is 8.18. The van der Waals surface area contributed by atoms with Gasteiger partial charge in [0.2, 0.25) is 0 Å². The number of carbonyl (C=O) groups is 1. The van der Waals surface area contributed by atoms with Crippen LogP contribution in [0.25, 0.3) is 5.53 Å². The maximum Gasteiger partial charge on any atom is 0.256 e. The molecule has 130 valence electrons. The van der Waals surface area contributed by atoms with E-state index in [1.54, 1.807) is 0 Å². The molecule has 0 aromatic heterocycles. The number of nitrogens with one attached hydrogen (secondary N) is 1. The first-order valence-corrected chi connectivity index (χ1v) is 8.18. The van der Waals surface area contributed by atoms with Gasteiger partial charge in [0, 0.05) is 44.6 Å². The minimum Gasteiger partial charge on any atom is -0.378 e. The molecule has 0 unspecified atom stereocenters. The van der Waals surface area contributed by atoms with Crippen LogP contribution >= 0.6 is 0 Å². The number of rotatable bonds is 4. The molecule has 0 aliphatic carbocycles. The van der Waals surface area contributed by atoms with Gasteiger partial charge in [-0.05, 0) is 13.0 Å². The lowest BCUT2D eigenvalue weighted by Crippen LogP contribution is -2.56. The predicted molar refractivity (Wildman–Crippen MR) is 92.3 cm³/mol. The summed E-state index contributed by atoms with van der Waals surface area (Å²) in [5.41, 5.74) is 11.8. The summed E-state index contributed by atoms with van der Waals surface area (Å²) in [5, 5.41) is 6.65. The molecule has 1 N–H and O–H groups in total. The quantitative estimate of drug-likeness (QED) is 0.671. The Kier molecular flexibility index (Phi) is 4.96. The van der Waals surface area contributed by atoms with Crippen molar-refractivity contribution in [2.45, 2.75) is 13.0 Å². The molecule has 2 amide bonds. The highest BCUT2D eigenvalue weighted by molar-refractivity contribution is 5.95. The Morgan fingerprint density at radius 3 is 2.58 bits per heavy atom. The summed E-state index contributed by atoms with van der Waals surface area (Å²) in [5.74, 6) is 0. The second-order valence-electron chi connectivity index (χ2n) is 6.16. The first kappa shape index (κ1) is 16.7. The molecule has 0 radical (unpaired) electrons. The molecule has 2 fully saturated rings. The van der Waals surface area contributed by atoms with Crippen molar-refractivity contribution in [2.24, 2.45) is 5.22 Å². The van der Waals surface area contributed by atoms with Crippen molar-refractivity contribution in [1.82, 2.24) is 10.2 Å².